The summed E-state index contributed by atoms with van der Waals surface area (Å²) in [4.78, 5) is 13.6. The van der Waals surface area contributed by atoms with Crippen molar-refractivity contribution >= 4 is 44.7 Å². The van der Waals surface area contributed by atoms with Gasteiger partial charge in [0.15, 0.2) is 5.82 Å². The van der Waals surface area contributed by atoms with Crippen LogP contribution in [0.5, 0.6) is 0 Å². The van der Waals surface area contributed by atoms with Gasteiger partial charge in [0.2, 0.25) is 5.91 Å². The van der Waals surface area contributed by atoms with Crippen molar-refractivity contribution in [2.75, 3.05) is 18.0 Å². The van der Waals surface area contributed by atoms with Crippen molar-refractivity contribution in [2.45, 2.75) is 26.8 Å². The molecule has 0 aromatic heterocycles. The summed E-state index contributed by atoms with van der Waals surface area (Å²) in [5.74, 6) is -0.625. The SMILES string of the molecule is CCN(CC(=O)NC(C)C)c1ccc(C(N)=S)c(Br)c1F. The average Bonchev–Trinajstić information content (AvgIpc) is 2.38. The van der Waals surface area contributed by atoms with Gasteiger partial charge in [-0.05, 0) is 48.8 Å². The van der Waals surface area contributed by atoms with Crippen molar-refractivity contribution in [3.05, 3.63) is 28.0 Å². The Hall–Kier alpha value is -1.21. The molecule has 0 saturated carbocycles. The number of nitrogens with two attached hydrogens (primary N) is 1. The van der Waals surface area contributed by atoms with E-state index in [4.69, 9.17) is 18.0 Å². The lowest BCUT2D eigenvalue weighted by Crippen LogP contribution is -2.40. The molecule has 1 aromatic rings. The lowest BCUT2D eigenvalue weighted by molar-refractivity contribution is -0.120. The van der Waals surface area contributed by atoms with E-state index in [0.29, 0.717) is 17.8 Å². The van der Waals surface area contributed by atoms with Gasteiger partial charge in [-0.3, -0.25) is 4.79 Å². The van der Waals surface area contributed by atoms with E-state index < -0.39 is 5.82 Å². The Bertz CT molecular complexity index is 551. The zero-order valence-corrected chi connectivity index (χ0v) is 14.6. The molecule has 0 aliphatic carbocycles. The first-order valence-electron chi connectivity index (χ1n) is 6.60. The van der Waals surface area contributed by atoms with Crippen LogP contribution in [0.4, 0.5) is 10.1 Å². The second-order valence-electron chi connectivity index (χ2n) is 4.86. The molecule has 4 nitrogen and oxygen atoms in total. The van der Waals surface area contributed by atoms with Crippen molar-refractivity contribution in [2.24, 2.45) is 5.73 Å². The number of hydrogen-bond donors (Lipinski definition) is 2. The van der Waals surface area contributed by atoms with Crippen LogP contribution in [0.1, 0.15) is 26.3 Å². The zero-order valence-electron chi connectivity index (χ0n) is 12.2. The topological polar surface area (TPSA) is 58.4 Å². The number of hydrogen-bond acceptors (Lipinski definition) is 3. The fraction of sp³-hybridized carbons (Fsp3) is 0.429. The number of halogens is 2. The Balaban J connectivity index is 3.04. The van der Waals surface area contributed by atoms with E-state index in [9.17, 15) is 9.18 Å². The first kappa shape index (κ1) is 17.8. The van der Waals surface area contributed by atoms with Gasteiger partial charge in [0.1, 0.15) is 4.99 Å². The molecule has 1 rings (SSSR count). The third-order valence-electron chi connectivity index (χ3n) is 2.83. The molecule has 1 aromatic carbocycles. The molecular weight excluding hydrogens is 357 g/mol. The van der Waals surface area contributed by atoms with Crippen LogP contribution in [-0.4, -0.2) is 30.0 Å². The maximum atomic E-state index is 14.4. The molecule has 1 amide bonds. The third-order valence-corrected chi connectivity index (χ3v) is 3.83. The van der Waals surface area contributed by atoms with E-state index in [-0.39, 0.29) is 28.0 Å². The predicted octanol–water partition coefficient (Wildman–Crippen LogP) is 2.57. The number of carbonyl (C=O) groups excluding carboxylic acids is 1. The van der Waals surface area contributed by atoms with Crippen LogP contribution >= 0.6 is 28.1 Å². The molecule has 0 atom stereocenters. The molecule has 0 heterocycles. The number of amides is 1. The van der Waals surface area contributed by atoms with Crippen molar-refractivity contribution in [1.82, 2.24) is 5.32 Å². The normalized spacial score (nSPS) is 10.6. The molecule has 116 valence electrons. The number of likely N-dealkylation sites (N-methyl/N-ethyl adjacent to an activating group) is 1. The number of nitrogens with zero attached hydrogens (tertiary/aromatic N) is 1. The fourth-order valence-electron chi connectivity index (χ4n) is 1.88. The monoisotopic (exact) mass is 375 g/mol. The third kappa shape index (κ3) is 4.64. The van der Waals surface area contributed by atoms with Crippen LogP contribution in [0.25, 0.3) is 0 Å². The Kier molecular flexibility index (Phi) is 6.54. The second-order valence-corrected chi connectivity index (χ2v) is 6.09. The first-order chi connectivity index (χ1) is 9.77. The quantitative estimate of drug-likeness (QED) is 0.750. The predicted molar refractivity (Wildman–Crippen MR) is 91.2 cm³/mol. The number of anilines is 1. The summed E-state index contributed by atoms with van der Waals surface area (Å²) in [6, 6.07) is 3.28. The maximum absolute atomic E-state index is 14.4. The van der Waals surface area contributed by atoms with Crippen LogP contribution in [-0.2, 0) is 4.79 Å². The molecule has 0 aliphatic heterocycles. The average molecular weight is 376 g/mol. The van der Waals surface area contributed by atoms with Gasteiger partial charge in [-0.25, -0.2) is 4.39 Å². The molecule has 21 heavy (non-hydrogen) atoms. The van der Waals surface area contributed by atoms with Crippen LogP contribution in [0.3, 0.4) is 0 Å². The minimum absolute atomic E-state index is 0.0461. The molecule has 0 radical (unpaired) electrons. The van der Waals surface area contributed by atoms with Gasteiger partial charge in [0, 0.05) is 18.2 Å². The largest absolute Gasteiger partial charge is 0.389 e. The number of nitrogens with one attached hydrogen (secondary N) is 1. The highest BCUT2D eigenvalue weighted by molar-refractivity contribution is 9.10. The Labute approximate surface area is 138 Å². The minimum atomic E-state index is -0.473. The molecule has 3 N–H and O–H groups in total. The fourth-order valence-corrected chi connectivity index (χ4v) is 2.73. The molecule has 0 fully saturated rings. The summed E-state index contributed by atoms with van der Waals surface area (Å²) in [7, 11) is 0. The molecule has 0 bridgehead atoms. The van der Waals surface area contributed by atoms with Crippen molar-refractivity contribution in [3.8, 4) is 0 Å². The zero-order chi connectivity index (χ0) is 16.2. The summed E-state index contributed by atoms with van der Waals surface area (Å²) in [6.45, 7) is 6.20. The van der Waals surface area contributed by atoms with Crippen molar-refractivity contribution in [3.63, 3.8) is 0 Å². The summed E-state index contributed by atoms with van der Waals surface area (Å²) >= 11 is 8.03. The van der Waals surface area contributed by atoms with Gasteiger partial charge in [-0.1, -0.05) is 12.2 Å². The summed E-state index contributed by atoms with van der Waals surface area (Å²) in [5, 5.41) is 2.79. The molecule has 0 saturated heterocycles. The Morgan fingerprint density at radius 2 is 2.14 bits per heavy atom. The Morgan fingerprint density at radius 1 is 1.52 bits per heavy atom. The smallest absolute Gasteiger partial charge is 0.239 e. The van der Waals surface area contributed by atoms with Crippen LogP contribution < -0.4 is 16.0 Å². The van der Waals surface area contributed by atoms with E-state index in [1.165, 1.54) is 0 Å². The van der Waals surface area contributed by atoms with Gasteiger partial charge >= 0.3 is 0 Å². The van der Waals surface area contributed by atoms with Gasteiger partial charge in [0.25, 0.3) is 0 Å². The molecule has 0 spiro atoms. The lowest BCUT2D eigenvalue weighted by Gasteiger charge is -2.24. The van der Waals surface area contributed by atoms with Gasteiger partial charge < -0.3 is 16.0 Å². The summed E-state index contributed by atoms with van der Waals surface area (Å²) in [5.41, 5.74) is 6.31. The van der Waals surface area contributed by atoms with E-state index in [2.05, 4.69) is 21.2 Å². The highest BCUT2D eigenvalue weighted by atomic mass is 79.9. The van der Waals surface area contributed by atoms with Crippen molar-refractivity contribution < 1.29 is 9.18 Å². The molecule has 7 heteroatoms. The van der Waals surface area contributed by atoms with Crippen LogP contribution in [0.15, 0.2) is 16.6 Å². The van der Waals surface area contributed by atoms with Gasteiger partial charge in [0.05, 0.1) is 16.7 Å². The van der Waals surface area contributed by atoms with Crippen LogP contribution in [0.2, 0.25) is 0 Å². The standard InChI is InChI=1S/C14H19BrFN3OS/c1-4-19(7-11(20)18-8(2)3)10-6-5-9(14(17)21)12(15)13(10)16/h5-6,8H,4,7H2,1-3H3,(H2,17,21)(H,18,20). The lowest BCUT2D eigenvalue weighted by atomic mass is 10.1. The molecule has 0 unspecified atom stereocenters. The Morgan fingerprint density at radius 3 is 2.62 bits per heavy atom. The highest BCUT2D eigenvalue weighted by Gasteiger charge is 2.18. The van der Waals surface area contributed by atoms with E-state index in [0.717, 1.165) is 0 Å². The van der Waals surface area contributed by atoms with E-state index >= 15 is 0 Å². The number of carbonyl (C=O) groups is 1. The molecular formula is C14H19BrFN3OS. The highest BCUT2D eigenvalue weighted by Crippen LogP contribution is 2.29. The van der Waals surface area contributed by atoms with Crippen molar-refractivity contribution in [1.29, 1.82) is 0 Å². The number of thiocarbonyl (C=S) groups is 1. The van der Waals surface area contributed by atoms with Crippen LogP contribution in [0, 0.1) is 5.82 Å². The second kappa shape index (κ2) is 7.70. The summed E-state index contributed by atoms with van der Waals surface area (Å²) in [6.07, 6.45) is 0. The number of benzene rings is 1. The van der Waals surface area contributed by atoms with E-state index in [1.807, 2.05) is 20.8 Å². The molecule has 0 aliphatic rings. The van der Waals surface area contributed by atoms with Gasteiger partial charge in [-0.2, -0.15) is 0 Å². The summed E-state index contributed by atoms with van der Waals surface area (Å²) < 4.78 is 14.7. The minimum Gasteiger partial charge on any atom is -0.389 e. The van der Waals surface area contributed by atoms with E-state index in [1.54, 1.807) is 17.0 Å². The number of rotatable bonds is 6. The van der Waals surface area contributed by atoms with Gasteiger partial charge in [-0.15, -0.1) is 0 Å². The first-order valence-corrected chi connectivity index (χ1v) is 7.80. The maximum Gasteiger partial charge on any atom is 0.239 e.